The first kappa shape index (κ1) is 25.0. The molecule has 0 radical (unpaired) electrons. The van der Waals surface area contributed by atoms with Gasteiger partial charge < -0.3 is 19.7 Å². The highest BCUT2D eigenvalue weighted by molar-refractivity contribution is 6.31. The molecule has 2 heterocycles. The second-order valence-electron chi connectivity index (χ2n) is 8.47. The zero-order valence-electron chi connectivity index (χ0n) is 19.4. The van der Waals surface area contributed by atoms with Gasteiger partial charge >= 0.3 is 0 Å². The predicted molar refractivity (Wildman–Crippen MR) is 131 cm³/mol. The summed E-state index contributed by atoms with van der Waals surface area (Å²) in [4.78, 5) is 23.0. The first-order valence-corrected chi connectivity index (χ1v) is 11.5. The predicted octanol–water partition coefficient (Wildman–Crippen LogP) is 4.86. The molecule has 10 heteroatoms. The van der Waals surface area contributed by atoms with Gasteiger partial charge in [-0.15, -0.1) is 0 Å². The lowest BCUT2D eigenvalue weighted by Gasteiger charge is -2.17. The lowest BCUT2D eigenvalue weighted by Crippen LogP contribution is -2.18. The van der Waals surface area contributed by atoms with Crippen LogP contribution in [0.25, 0.3) is 10.9 Å². The van der Waals surface area contributed by atoms with E-state index >= 15 is 0 Å². The summed E-state index contributed by atoms with van der Waals surface area (Å²) in [6, 6.07) is 7.64. The number of allylic oxidation sites excluding steroid dienone is 1. The summed E-state index contributed by atoms with van der Waals surface area (Å²) in [6.45, 7) is 1.33. The zero-order chi connectivity index (χ0) is 24.9. The van der Waals surface area contributed by atoms with Crippen molar-refractivity contribution in [2.75, 3.05) is 39.2 Å². The molecule has 1 fully saturated rings. The van der Waals surface area contributed by atoms with Gasteiger partial charge in [0.1, 0.15) is 29.8 Å². The van der Waals surface area contributed by atoms with E-state index < -0.39 is 17.4 Å². The Bertz CT molecular complexity index is 1260. The number of fused-ring (bicyclic) bond motifs is 1. The van der Waals surface area contributed by atoms with Crippen molar-refractivity contribution in [3.63, 3.8) is 0 Å². The van der Waals surface area contributed by atoms with Gasteiger partial charge in [-0.05, 0) is 44.4 Å². The molecule has 184 valence electrons. The maximum atomic E-state index is 14.5. The van der Waals surface area contributed by atoms with E-state index in [-0.39, 0.29) is 17.5 Å². The van der Waals surface area contributed by atoms with Crippen LogP contribution < -0.4 is 10.1 Å². The molecule has 0 saturated carbocycles. The van der Waals surface area contributed by atoms with E-state index in [1.54, 1.807) is 31.1 Å². The Morgan fingerprint density at radius 3 is 2.86 bits per heavy atom. The fourth-order valence-electron chi connectivity index (χ4n) is 3.61. The fraction of sp³-hybridized carbons (Fsp3) is 0.320. The summed E-state index contributed by atoms with van der Waals surface area (Å²) in [5.74, 6) is -1.14. The van der Waals surface area contributed by atoms with Gasteiger partial charge in [0.05, 0.1) is 23.8 Å². The smallest absolute Gasteiger partial charge is 0.195 e. The molecule has 1 aromatic heterocycles. The Morgan fingerprint density at radius 1 is 1.31 bits per heavy atom. The second kappa shape index (κ2) is 11.1. The first-order chi connectivity index (χ1) is 16.8. The summed E-state index contributed by atoms with van der Waals surface area (Å²) >= 11 is 5.90. The van der Waals surface area contributed by atoms with E-state index in [1.807, 2.05) is 0 Å². The normalized spacial score (nSPS) is 16.2. The van der Waals surface area contributed by atoms with Crippen molar-refractivity contribution < 1.29 is 23.0 Å². The van der Waals surface area contributed by atoms with Gasteiger partial charge in [-0.1, -0.05) is 11.6 Å². The van der Waals surface area contributed by atoms with E-state index in [9.17, 15) is 13.6 Å². The van der Waals surface area contributed by atoms with Gasteiger partial charge in [0.2, 0.25) is 0 Å². The number of hydrogen-bond acceptors (Lipinski definition) is 7. The summed E-state index contributed by atoms with van der Waals surface area (Å²) in [5.41, 5.74) is 1.58. The number of hydrogen-bond donors (Lipinski definition) is 1. The highest BCUT2D eigenvalue weighted by atomic mass is 35.5. The van der Waals surface area contributed by atoms with Crippen LogP contribution in [0.3, 0.4) is 0 Å². The number of aromatic nitrogens is 2. The topological polar surface area (TPSA) is 76.6 Å². The van der Waals surface area contributed by atoms with E-state index in [4.69, 9.17) is 21.1 Å². The number of nitrogens with one attached hydrogen (secondary N) is 1. The minimum atomic E-state index is -0.808. The largest absolute Gasteiger partial charge is 0.488 e. The van der Waals surface area contributed by atoms with Crippen molar-refractivity contribution in [2.45, 2.75) is 18.9 Å². The van der Waals surface area contributed by atoms with E-state index in [1.165, 1.54) is 30.6 Å². The molecule has 1 saturated heterocycles. The molecule has 1 N–H and O–H groups in total. The van der Waals surface area contributed by atoms with Crippen LogP contribution in [-0.2, 0) is 16.0 Å². The van der Waals surface area contributed by atoms with Crippen LogP contribution in [0.1, 0.15) is 12.0 Å². The molecule has 0 spiro atoms. The SMILES string of the molecule is CN(C)C/C=C(/F)C(=O)Cc1cc2c(Nc3ccc(F)c(Cl)c3)ncnc2cc1O[C@H]1CCOC1. The number of ketones is 1. The molecular weight excluding hydrogens is 478 g/mol. The number of anilines is 2. The van der Waals surface area contributed by atoms with Crippen LogP contribution >= 0.6 is 11.6 Å². The number of carbonyl (C=O) groups excluding carboxylic acids is 1. The van der Waals surface area contributed by atoms with Crippen molar-refractivity contribution in [2.24, 2.45) is 0 Å². The highest BCUT2D eigenvalue weighted by Gasteiger charge is 2.22. The molecule has 0 bridgehead atoms. The van der Waals surface area contributed by atoms with Crippen molar-refractivity contribution in [1.29, 1.82) is 0 Å². The Balaban J connectivity index is 1.70. The number of likely N-dealkylation sites (N-methyl/N-ethyl adjacent to an activating group) is 1. The van der Waals surface area contributed by atoms with Gasteiger partial charge in [-0.3, -0.25) is 4.79 Å². The fourth-order valence-corrected chi connectivity index (χ4v) is 3.79. The minimum absolute atomic E-state index is 0.0332. The molecule has 1 aliphatic heterocycles. The molecule has 1 aliphatic rings. The Labute approximate surface area is 206 Å². The Morgan fingerprint density at radius 2 is 2.14 bits per heavy atom. The standard InChI is InChI=1S/C25H25ClF2N4O3/c1-32(2)7-5-21(28)23(33)10-15-9-18-22(12-24(15)35-17-6-8-34-13-17)29-14-30-25(18)31-16-3-4-20(27)19(26)11-16/h3-5,9,11-12,14,17H,6-8,10,13H2,1-2H3,(H,29,30,31)/b21-5+/t17-/m0/s1. The molecule has 2 aromatic carbocycles. The third-order valence-corrected chi connectivity index (χ3v) is 5.72. The Hall–Kier alpha value is -3.14. The summed E-state index contributed by atoms with van der Waals surface area (Å²) in [5, 5.41) is 3.66. The zero-order valence-corrected chi connectivity index (χ0v) is 20.1. The first-order valence-electron chi connectivity index (χ1n) is 11.1. The monoisotopic (exact) mass is 502 g/mol. The van der Waals surface area contributed by atoms with Crippen molar-refractivity contribution >= 4 is 39.8 Å². The Kier molecular flexibility index (Phi) is 7.90. The molecule has 35 heavy (non-hydrogen) atoms. The molecule has 4 rings (SSSR count). The van der Waals surface area contributed by atoms with E-state index in [0.29, 0.717) is 59.9 Å². The van der Waals surface area contributed by atoms with E-state index in [0.717, 1.165) is 0 Å². The van der Waals surface area contributed by atoms with E-state index in [2.05, 4.69) is 15.3 Å². The van der Waals surface area contributed by atoms with Gasteiger partial charge in [-0.25, -0.2) is 18.7 Å². The number of benzene rings is 2. The van der Waals surface area contributed by atoms with Crippen LogP contribution in [0.2, 0.25) is 5.02 Å². The van der Waals surface area contributed by atoms with Gasteiger partial charge in [0, 0.05) is 42.1 Å². The molecule has 3 aromatic rings. The lowest BCUT2D eigenvalue weighted by molar-refractivity contribution is -0.116. The quantitative estimate of drug-likeness (QED) is 0.419. The number of Topliss-reactive ketones (excluding diaryl/α,β-unsaturated/α-hetero) is 1. The van der Waals surface area contributed by atoms with Crippen molar-refractivity contribution in [1.82, 2.24) is 14.9 Å². The van der Waals surface area contributed by atoms with Crippen LogP contribution in [0.4, 0.5) is 20.3 Å². The lowest BCUT2D eigenvalue weighted by atomic mass is 10.0. The maximum absolute atomic E-state index is 14.5. The van der Waals surface area contributed by atoms with Crippen LogP contribution in [0.15, 0.2) is 48.6 Å². The second-order valence-corrected chi connectivity index (χ2v) is 8.88. The molecule has 0 amide bonds. The third kappa shape index (κ3) is 6.30. The number of nitrogens with zero attached hydrogens (tertiary/aromatic N) is 3. The third-order valence-electron chi connectivity index (χ3n) is 5.43. The van der Waals surface area contributed by atoms with Gasteiger partial charge in [-0.2, -0.15) is 0 Å². The molecular formula is C25H25ClF2N4O3. The molecule has 1 atom stereocenters. The van der Waals surface area contributed by atoms with Gasteiger partial charge in [0.25, 0.3) is 0 Å². The summed E-state index contributed by atoms with van der Waals surface area (Å²) in [6.07, 6.45) is 2.97. The van der Waals surface area contributed by atoms with Crippen molar-refractivity contribution in [3.8, 4) is 5.75 Å². The van der Waals surface area contributed by atoms with Crippen molar-refractivity contribution in [3.05, 3.63) is 65.0 Å². The number of rotatable bonds is 9. The van der Waals surface area contributed by atoms with Crippen LogP contribution in [0.5, 0.6) is 5.75 Å². The molecule has 0 aliphatic carbocycles. The summed E-state index contributed by atoms with van der Waals surface area (Å²) in [7, 11) is 3.58. The maximum Gasteiger partial charge on any atom is 0.195 e. The number of ether oxygens (including phenoxy) is 2. The average molecular weight is 503 g/mol. The highest BCUT2D eigenvalue weighted by Crippen LogP contribution is 2.32. The molecule has 0 unspecified atom stereocenters. The number of carbonyl (C=O) groups is 1. The average Bonchev–Trinajstić information content (AvgIpc) is 3.33. The summed E-state index contributed by atoms with van der Waals surface area (Å²) < 4.78 is 39.5. The van der Waals surface area contributed by atoms with Crippen LogP contribution in [-0.4, -0.2) is 60.6 Å². The van der Waals surface area contributed by atoms with Crippen LogP contribution in [0, 0.1) is 5.82 Å². The van der Waals surface area contributed by atoms with Gasteiger partial charge in [0.15, 0.2) is 11.6 Å². The number of halogens is 3. The molecule has 7 nitrogen and oxygen atoms in total. The minimum Gasteiger partial charge on any atom is -0.488 e.